The molecule has 0 amide bonds. The van der Waals surface area contributed by atoms with E-state index in [4.69, 9.17) is 4.74 Å². The molecule has 0 radical (unpaired) electrons. The van der Waals surface area contributed by atoms with Crippen molar-refractivity contribution in [2.24, 2.45) is 5.92 Å². The second-order valence-electron chi connectivity index (χ2n) is 8.24. The van der Waals surface area contributed by atoms with E-state index in [1.807, 2.05) is 42.5 Å². The molecule has 32 heavy (non-hydrogen) atoms. The third-order valence-electron chi connectivity index (χ3n) is 6.01. The fourth-order valence-corrected chi connectivity index (χ4v) is 4.44. The van der Waals surface area contributed by atoms with E-state index in [-0.39, 0.29) is 11.7 Å². The first-order valence-electron chi connectivity index (χ1n) is 11.0. The van der Waals surface area contributed by atoms with Gasteiger partial charge in [-0.2, -0.15) is 0 Å². The number of Topliss-reactive ketones (excluding diaryl/α,β-unsaturated/α-hetero) is 1. The van der Waals surface area contributed by atoms with Crippen molar-refractivity contribution in [3.8, 4) is 11.8 Å². The Morgan fingerprint density at radius 2 is 1.72 bits per heavy atom. The molecule has 1 aliphatic rings. The highest BCUT2D eigenvalue weighted by Gasteiger charge is 2.27. The second-order valence-corrected chi connectivity index (χ2v) is 8.24. The quantitative estimate of drug-likeness (QED) is 0.382. The molecule has 1 fully saturated rings. The highest BCUT2D eigenvalue weighted by Crippen LogP contribution is 2.27. The third-order valence-corrected chi connectivity index (χ3v) is 6.01. The van der Waals surface area contributed by atoms with Crippen LogP contribution in [-0.2, 0) is 6.54 Å². The number of likely N-dealkylation sites (tertiary alicyclic amines) is 1. The maximum atomic E-state index is 13.4. The third kappa shape index (κ3) is 4.53. The number of hydrogen-bond acceptors (Lipinski definition) is 5. The number of hydrogen-bond donors (Lipinski definition) is 0. The first-order chi connectivity index (χ1) is 15.8. The molecule has 1 aliphatic heterocycles. The van der Waals surface area contributed by atoms with Crippen LogP contribution in [0, 0.1) is 5.92 Å². The maximum Gasteiger partial charge on any atom is 0.321 e. The van der Waals surface area contributed by atoms with E-state index in [0.29, 0.717) is 11.8 Å². The summed E-state index contributed by atoms with van der Waals surface area (Å²) in [6.45, 7) is 2.62. The van der Waals surface area contributed by atoms with Gasteiger partial charge in [-0.1, -0.05) is 54.6 Å². The van der Waals surface area contributed by atoms with Crippen LogP contribution >= 0.6 is 0 Å². The van der Waals surface area contributed by atoms with Gasteiger partial charge in [0.1, 0.15) is 5.75 Å². The number of carbonyl (C=O) groups excluding carboxylic acids is 1. The number of rotatable bonds is 6. The molecular weight excluding hydrogens is 398 g/mol. The molecule has 2 heterocycles. The number of ketones is 1. The first kappa shape index (κ1) is 20.3. The molecular formula is C27H25N3O2. The van der Waals surface area contributed by atoms with Gasteiger partial charge in [0.25, 0.3) is 0 Å². The average molecular weight is 424 g/mol. The summed E-state index contributed by atoms with van der Waals surface area (Å²) < 4.78 is 5.68. The molecule has 0 N–H and O–H groups in total. The zero-order chi connectivity index (χ0) is 21.8. The van der Waals surface area contributed by atoms with Crippen LogP contribution in [0.25, 0.3) is 10.8 Å². The molecule has 1 saturated heterocycles. The lowest BCUT2D eigenvalue weighted by Crippen LogP contribution is -2.38. The Labute approximate surface area is 187 Å². The van der Waals surface area contributed by atoms with E-state index in [9.17, 15) is 4.79 Å². The topological polar surface area (TPSA) is 55.3 Å². The summed E-state index contributed by atoms with van der Waals surface area (Å²) in [5.41, 5.74) is 2.05. The fourth-order valence-electron chi connectivity index (χ4n) is 4.44. The average Bonchev–Trinajstić information content (AvgIpc) is 2.85. The van der Waals surface area contributed by atoms with Gasteiger partial charge in [0, 0.05) is 37.0 Å². The van der Waals surface area contributed by atoms with Crippen molar-refractivity contribution in [2.45, 2.75) is 19.4 Å². The zero-order valence-corrected chi connectivity index (χ0v) is 17.9. The van der Waals surface area contributed by atoms with Crippen molar-refractivity contribution in [2.75, 3.05) is 13.1 Å². The van der Waals surface area contributed by atoms with Crippen LogP contribution in [0.2, 0.25) is 0 Å². The molecule has 0 spiro atoms. The molecule has 160 valence electrons. The number of ether oxygens (including phenoxy) is 1. The Bertz CT molecular complexity index is 1200. The Morgan fingerprint density at radius 3 is 2.56 bits per heavy atom. The summed E-state index contributed by atoms with van der Waals surface area (Å²) in [6, 6.07) is 24.3. The predicted octanol–water partition coefficient (Wildman–Crippen LogP) is 5.52. The number of nitrogens with zero attached hydrogens (tertiary/aromatic N) is 3. The predicted molar refractivity (Wildman–Crippen MR) is 125 cm³/mol. The van der Waals surface area contributed by atoms with E-state index in [1.165, 1.54) is 5.56 Å². The molecule has 0 saturated carbocycles. The molecule has 3 aromatic carbocycles. The Hall–Kier alpha value is -3.57. The lowest BCUT2D eigenvalue weighted by atomic mass is 9.88. The van der Waals surface area contributed by atoms with Crippen LogP contribution in [0.1, 0.15) is 28.8 Å². The molecule has 5 nitrogen and oxygen atoms in total. The summed E-state index contributed by atoms with van der Waals surface area (Å²) in [7, 11) is 0. The number of aromatic nitrogens is 2. The number of fused-ring (bicyclic) bond motifs is 1. The molecule has 1 atom stereocenters. The lowest BCUT2D eigenvalue weighted by molar-refractivity contribution is 0.0813. The second kappa shape index (κ2) is 9.28. The lowest BCUT2D eigenvalue weighted by Gasteiger charge is -2.32. The van der Waals surface area contributed by atoms with E-state index < -0.39 is 0 Å². The van der Waals surface area contributed by atoms with Crippen LogP contribution in [0.3, 0.4) is 0 Å². The van der Waals surface area contributed by atoms with Gasteiger partial charge in [-0.3, -0.25) is 9.69 Å². The minimum Gasteiger partial charge on any atom is -0.424 e. The molecule has 1 unspecified atom stereocenters. The number of carbonyl (C=O) groups is 1. The molecule has 5 heteroatoms. The van der Waals surface area contributed by atoms with Crippen molar-refractivity contribution in [3.05, 3.63) is 96.3 Å². The number of benzene rings is 3. The van der Waals surface area contributed by atoms with E-state index >= 15 is 0 Å². The Kier molecular flexibility index (Phi) is 5.90. The molecule has 5 rings (SSSR count). The summed E-state index contributed by atoms with van der Waals surface area (Å²) in [5, 5.41) is 2.17. The van der Waals surface area contributed by atoms with Crippen molar-refractivity contribution in [1.82, 2.24) is 14.9 Å². The molecule has 0 bridgehead atoms. The normalized spacial score (nSPS) is 16.7. The summed E-state index contributed by atoms with van der Waals surface area (Å²) >= 11 is 0. The van der Waals surface area contributed by atoms with Crippen molar-refractivity contribution in [1.29, 1.82) is 0 Å². The van der Waals surface area contributed by atoms with E-state index in [1.54, 1.807) is 18.5 Å². The molecule has 4 aromatic rings. The largest absolute Gasteiger partial charge is 0.424 e. The van der Waals surface area contributed by atoms with Crippen LogP contribution in [0.15, 0.2) is 85.2 Å². The van der Waals surface area contributed by atoms with E-state index in [0.717, 1.165) is 48.8 Å². The fraction of sp³-hybridized carbons (Fsp3) is 0.222. The monoisotopic (exact) mass is 423 g/mol. The smallest absolute Gasteiger partial charge is 0.321 e. The minimum absolute atomic E-state index is 0.0346. The van der Waals surface area contributed by atoms with E-state index in [2.05, 4.69) is 39.1 Å². The van der Waals surface area contributed by atoms with Crippen LogP contribution in [0.5, 0.6) is 11.8 Å². The highest BCUT2D eigenvalue weighted by atomic mass is 16.5. The molecule has 0 aliphatic carbocycles. The Morgan fingerprint density at radius 1 is 0.938 bits per heavy atom. The van der Waals surface area contributed by atoms with Crippen LogP contribution in [-0.4, -0.2) is 33.7 Å². The summed E-state index contributed by atoms with van der Waals surface area (Å²) in [4.78, 5) is 23.9. The van der Waals surface area contributed by atoms with Gasteiger partial charge in [0.05, 0.1) is 0 Å². The highest BCUT2D eigenvalue weighted by molar-refractivity contribution is 6.09. The van der Waals surface area contributed by atoms with Gasteiger partial charge >= 0.3 is 6.01 Å². The maximum absolute atomic E-state index is 13.4. The van der Waals surface area contributed by atoms with Gasteiger partial charge < -0.3 is 4.74 Å². The number of piperidine rings is 1. The van der Waals surface area contributed by atoms with Gasteiger partial charge in [0.15, 0.2) is 5.78 Å². The summed E-state index contributed by atoms with van der Waals surface area (Å²) in [6.07, 6.45) is 5.29. The first-order valence-corrected chi connectivity index (χ1v) is 11.0. The van der Waals surface area contributed by atoms with Crippen molar-refractivity contribution in [3.63, 3.8) is 0 Å². The van der Waals surface area contributed by atoms with Gasteiger partial charge in [-0.15, -0.1) is 0 Å². The van der Waals surface area contributed by atoms with Crippen molar-refractivity contribution >= 4 is 16.6 Å². The SMILES string of the molecule is O=C(c1cccc2ccccc12)C1CCCN(Cc2ccc(Oc3ncccn3)cc2)C1. The van der Waals surface area contributed by atoms with Crippen molar-refractivity contribution < 1.29 is 9.53 Å². The van der Waals surface area contributed by atoms with Gasteiger partial charge in [-0.05, 0) is 53.9 Å². The van der Waals surface area contributed by atoms with Crippen LogP contribution < -0.4 is 4.74 Å². The minimum atomic E-state index is 0.0346. The van der Waals surface area contributed by atoms with Gasteiger partial charge in [-0.25, -0.2) is 9.97 Å². The Balaban J connectivity index is 1.24. The summed E-state index contributed by atoms with van der Waals surface area (Å²) in [5.74, 6) is 1.01. The standard InChI is InChI=1S/C27H25N3O2/c31-26(25-10-3-7-21-6-1-2-9-24(21)25)22-8-4-17-30(19-22)18-20-11-13-23(14-12-20)32-27-28-15-5-16-29-27/h1-3,5-7,9-16,22H,4,8,17-19H2. The molecule has 1 aromatic heterocycles. The zero-order valence-electron chi connectivity index (χ0n) is 17.9. The van der Waals surface area contributed by atoms with Crippen LogP contribution in [0.4, 0.5) is 0 Å². The van der Waals surface area contributed by atoms with Gasteiger partial charge in [0.2, 0.25) is 0 Å².